The van der Waals surface area contributed by atoms with Crippen LogP contribution >= 0.6 is 27.5 Å². The number of carboxylic acids is 1. The van der Waals surface area contributed by atoms with Crippen molar-refractivity contribution in [3.63, 3.8) is 0 Å². The summed E-state index contributed by atoms with van der Waals surface area (Å²) in [5, 5.41) is 12.7. The standard InChI is InChI=1S/C12H12BrN3O2S/c1-6(2)10-15-12(19-16-10)14-9-4-3-7(11(17)18)5-8(9)13/h3-6H,1-2H3,(H,17,18)(H,14,15,16). The van der Waals surface area contributed by atoms with Crippen LogP contribution in [0.4, 0.5) is 10.8 Å². The first kappa shape index (κ1) is 14.0. The lowest BCUT2D eigenvalue weighted by molar-refractivity contribution is 0.0697. The van der Waals surface area contributed by atoms with Crippen molar-refractivity contribution in [1.82, 2.24) is 9.36 Å². The molecule has 2 N–H and O–H groups in total. The van der Waals surface area contributed by atoms with Gasteiger partial charge >= 0.3 is 5.97 Å². The van der Waals surface area contributed by atoms with Gasteiger partial charge in [0.25, 0.3) is 0 Å². The lowest BCUT2D eigenvalue weighted by atomic mass is 10.2. The zero-order valence-electron chi connectivity index (χ0n) is 10.3. The van der Waals surface area contributed by atoms with Crippen molar-refractivity contribution < 1.29 is 9.90 Å². The van der Waals surface area contributed by atoms with E-state index < -0.39 is 5.97 Å². The molecule has 100 valence electrons. The number of carbonyl (C=O) groups is 1. The van der Waals surface area contributed by atoms with E-state index in [9.17, 15) is 4.79 Å². The minimum Gasteiger partial charge on any atom is -0.478 e. The predicted octanol–water partition coefficient (Wildman–Crippen LogP) is 3.87. The molecule has 0 bridgehead atoms. The Balaban J connectivity index is 2.20. The molecule has 1 aromatic carbocycles. The fraction of sp³-hybridized carbons (Fsp3) is 0.250. The Morgan fingerprint density at radius 2 is 2.21 bits per heavy atom. The van der Waals surface area contributed by atoms with Crippen molar-refractivity contribution in [1.29, 1.82) is 0 Å². The van der Waals surface area contributed by atoms with Crippen molar-refractivity contribution in [3.05, 3.63) is 34.1 Å². The van der Waals surface area contributed by atoms with Gasteiger partial charge in [0.15, 0.2) is 0 Å². The van der Waals surface area contributed by atoms with Gasteiger partial charge in [0.2, 0.25) is 5.13 Å². The van der Waals surface area contributed by atoms with Gasteiger partial charge in [-0.3, -0.25) is 0 Å². The molecule has 19 heavy (non-hydrogen) atoms. The van der Waals surface area contributed by atoms with Crippen LogP contribution in [0.5, 0.6) is 0 Å². The molecule has 0 atom stereocenters. The van der Waals surface area contributed by atoms with E-state index >= 15 is 0 Å². The zero-order valence-corrected chi connectivity index (χ0v) is 12.7. The summed E-state index contributed by atoms with van der Waals surface area (Å²) in [5.41, 5.74) is 0.994. The molecule has 0 radical (unpaired) electrons. The van der Waals surface area contributed by atoms with Crippen LogP contribution in [0.3, 0.4) is 0 Å². The maximum atomic E-state index is 10.8. The predicted molar refractivity (Wildman–Crippen MR) is 78.4 cm³/mol. The smallest absolute Gasteiger partial charge is 0.335 e. The summed E-state index contributed by atoms with van der Waals surface area (Å²) in [4.78, 5) is 15.2. The fourth-order valence-corrected chi connectivity index (χ4v) is 2.58. The number of aromatic nitrogens is 2. The summed E-state index contributed by atoms with van der Waals surface area (Å²) in [6.45, 7) is 4.06. The van der Waals surface area contributed by atoms with Crippen molar-refractivity contribution in [3.8, 4) is 0 Å². The second-order valence-corrected chi connectivity index (χ2v) is 5.84. The van der Waals surface area contributed by atoms with E-state index in [2.05, 4.69) is 30.6 Å². The summed E-state index contributed by atoms with van der Waals surface area (Å²) in [7, 11) is 0. The molecule has 0 saturated heterocycles. The van der Waals surface area contributed by atoms with Gasteiger partial charge in [0.05, 0.1) is 11.3 Å². The minimum absolute atomic E-state index is 0.234. The molecule has 0 aliphatic rings. The van der Waals surface area contributed by atoms with Gasteiger partial charge in [-0.2, -0.15) is 4.37 Å². The molecule has 0 aliphatic heterocycles. The Kier molecular flexibility index (Phi) is 4.16. The molecule has 0 saturated carbocycles. The van der Waals surface area contributed by atoms with Crippen LogP contribution in [-0.2, 0) is 0 Å². The van der Waals surface area contributed by atoms with Crippen molar-refractivity contribution in [2.45, 2.75) is 19.8 Å². The summed E-state index contributed by atoms with van der Waals surface area (Å²) in [5.74, 6) is 0.126. The molecule has 2 aromatic rings. The monoisotopic (exact) mass is 341 g/mol. The Morgan fingerprint density at radius 1 is 1.47 bits per heavy atom. The second-order valence-electron chi connectivity index (χ2n) is 4.24. The fourth-order valence-electron chi connectivity index (χ4n) is 1.38. The highest BCUT2D eigenvalue weighted by Crippen LogP contribution is 2.28. The molecule has 0 amide bonds. The number of benzene rings is 1. The quantitative estimate of drug-likeness (QED) is 0.882. The molecular formula is C12H12BrN3O2S. The maximum Gasteiger partial charge on any atom is 0.335 e. The van der Waals surface area contributed by atoms with Gasteiger partial charge in [0.1, 0.15) is 5.82 Å². The number of nitrogens with zero attached hydrogens (tertiary/aromatic N) is 2. The van der Waals surface area contributed by atoms with Crippen LogP contribution < -0.4 is 5.32 Å². The number of halogens is 1. The average Bonchev–Trinajstić information content (AvgIpc) is 2.80. The number of rotatable bonds is 4. The third-order valence-electron chi connectivity index (χ3n) is 2.42. The van der Waals surface area contributed by atoms with E-state index in [0.29, 0.717) is 9.60 Å². The summed E-state index contributed by atoms with van der Waals surface area (Å²) >= 11 is 4.62. The van der Waals surface area contributed by atoms with Gasteiger partial charge in [-0.05, 0) is 34.1 Å². The number of nitrogens with one attached hydrogen (secondary N) is 1. The molecule has 1 aromatic heterocycles. The van der Waals surface area contributed by atoms with Gasteiger partial charge in [0, 0.05) is 21.9 Å². The van der Waals surface area contributed by atoms with E-state index in [1.807, 2.05) is 13.8 Å². The minimum atomic E-state index is -0.953. The largest absolute Gasteiger partial charge is 0.478 e. The topological polar surface area (TPSA) is 75.1 Å². The molecule has 0 fully saturated rings. The first-order valence-corrected chi connectivity index (χ1v) is 7.17. The van der Waals surface area contributed by atoms with E-state index in [1.165, 1.54) is 11.5 Å². The van der Waals surface area contributed by atoms with Gasteiger partial charge in [-0.1, -0.05) is 13.8 Å². The molecular weight excluding hydrogens is 330 g/mol. The van der Waals surface area contributed by atoms with Gasteiger partial charge in [-0.15, -0.1) is 0 Å². The average molecular weight is 342 g/mol. The molecule has 0 spiro atoms. The third kappa shape index (κ3) is 3.30. The van der Waals surface area contributed by atoms with Crippen molar-refractivity contribution in [2.75, 3.05) is 5.32 Å². The highest BCUT2D eigenvalue weighted by molar-refractivity contribution is 9.10. The van der Waals surface area contributed by atoms with Crippen LogP contribution in [0.25, 0.3) is 0 Å². The lowest BCUT2D eigenvalue weighted by Crippen LogP contribution is -1.98. The Bertz CT molecular complexity index is 613. The molecule has 0 aliphatic carbocycles. The van der Waals surface area contributed by atoms with Crippen LogP contribution in [-0.4, -0.2) is 20.4 Å². The summed E-state index contributed by atoms with van der Waals surface area (Å²) in [6, 6.07) is 4.79. The summed E-state index contributed by atoms with van der Waals surface area (Å²) < 4.78 is 4.92. The Morgan fingerprint density at radius 3 is 2.74 bits per heavy atom. The van der Waals surface area contributed by atoms with Crippen LogP contribution in [0.15, 0.2) is 22.7 Å². The van der Waals surface area contributed by atoms with Crippen LogP contribution in [0, 0.1) is 0 Å². The maximum absolute atomic E-state index is 10.8. The first-order chi connectivity index (χ1) is 8.97. The number of hydrogen-bond donors (Lipinski definition) is 2. The second kappa shape index (κ2) is 5.66. The van der Waals surface area contributed by atoms with Crippen LogP contribution in [0.1, 0.15) is 35.9 Å². The third-order valence-corrected chi connectivity index (χ3v) is 3.72. The lowest BCUT2D eigenvalue weighted by Gasteiger charge is -2.05. The van der Waals surface area contributed by atoms with Gasteiger partial charge < -0.3 is 10.4 Å². The van der Waals surface area contributed by atoms with Gasteiger partial charge in [-0.25, -0.2) is 9.78 Å². The Labute approximate surface area is 123 Å². The van der Waals surface area contributed by atoms with Crippen LogP contribution in [0.2, 0.25) is 0 Å². The highest BCUT2D eigenvalue weighted by atomic mass is 79.9. The van der Waals surface area contributed by atoms with E-state index in [4.69, 9.17) is 5.11 Å². The van der Waals surface area contributed by atoms with Crippen molar-refractivity contribution in [2.24, 2.45) is 0 Å². The first-order valence-electron chi connectivity index (χ1n) is 5.61. The van der Waals surface area contributed by atoms with E-state index in [1.54, 1.807) is 18.2 Å². The molecule has 5 nitrogen and oxygen atoms in total. The zero-order chi connectivity index (χ0) is 14.0. The Hall–Kier alpha value is -1.47. The molecule has 1 heterocycles. The molecule has 2 rings (SSSR count). The highest BCUT2D eigenvalue weighted by Gasteiger charge is 2.10. The molecule has 0 unspecified atom stereocenters. The number of hydrogen-bond acceptors (Lipinski definition) is 5. The van der Waals surface area contributed by atoms with Crippen molar-refractivity contribution >= 4 is 44.3 Å². The molecule has 7 heteroatoms. The van der Waals surface area contributed by atoms with E-state index in [-0.39, 0.29) is 11.5 Å². The number of anilines is 2. The number of aromatic carboxylic acids is 1. The number of carboxylic acid groups (broad SMARTS) is 1. The normalized spacial score (nSPS) is 10.7. The summed E-state index contributed by atoms with van der Waals surface area (Å²) in [6.07, 6.45) is 0. The van der Waals surface area contributed by atoms with E-state index in [0.717, 1.165) is 11.5 Å². The SMILES string of the molecule is CC(C)c1nsc(Nc2ccc(C(=O)O)cc2Br)n1.